The summed E-state index contributed by atoms with van der Waals surface area (Å²) in [6.07, 6.45) is 16.9. The Labute approximate surface area is 447 Å². The second kappa shape index (κ2) is 21.9. The van der Waals surface area contributed by atoms with Crippen LogP contribution in [0.3, 0.4) is 0 Å². The van der Waals surface area contributed by atoms with Crippen LogP contribution in [0.15, 0.2) is 256 Å². The quantitative estimate of drug-likeness (QED) is 0.0709. The molecule has 0 amide bonds. The molecule has 0 saturated heterocycles. The van der Waals surface area contributed by atoms with Crippen LogP contribution >= 0.6 is 0 Å². The standard InChI is InChI=1S/C71H51N.C4H8/c1-4-49-19-16-21-51(58(49)5-2)38-46-64-60-24-8-12-28-66(60)70(67-29-13-9-25-61(64)67)53-34-42-56(43-35-53)72(55-40-32-48(3)33-41-55)57-44-36-54(37-45-57)71-68-30-14-10-26-62(68)65(63-27-11-15-31-69(63)71)47-39-52-22-17-20-50-18-6-7-23-59(50)52;1-3-4-2/h4-47H,1-2H2,3H3;3-4H,1-2H3/b46-38+,47-39+;4-3-. The molecule has 12 rings (SSSR count). The Hall–Kier alpha value is -9.56. The van der Waals surface area contributed by atoms with Crippen molar-refractivity contribution in [1.29, 1.82) is 0 Å². The first-order valence-electron chi connectivity index (χ1n) is 26.2. The summed E-state index contributed by atoms with van der Waals surface area (Å²) in [5, 5.41) is 12.3. The molecule has 12 aromatic carbocycles. The molecule has 0 N–H and O–H groups in total. The van der Waals surface area contributed by atoms with Gasteiger partial charge in [-0.05, 0) is 167 Å². The highest BCUT2D eigenvalue weighted by Gasteiger charge is 2.19. The van der Waals surface area contributed by atoms with E-state index >= 15 is 0 Å². The molecule has 0 fully saturated rings. The van der Waals surface area contributed by atoms with E-state index in [9.17, 15) is 0 Å². The van der Waals surface area contributed by atoms with Gasteiger partial charge in [0.2, 0.25) is 0 Å². The van der Waals surface area contributed by atoms with Crippen LogP contribution in [0, 0.1) is 6.92 Å². The number of hydrogen-bond acceptors (Lipinski definition) is 1. The predicted molar refractivity (Wildman–Crippen MR) is 336 cm³/mol. The van der Waals surface area contributed by atoms with Crippen LogP contribution in [0.4, 0.5) is 17.1 Å². The lowest BCUT2D eigenvalue weighted by atomic mass is 9.87. The zero-order valence-corrected chi connectivity index (χ0v) is 43.4. The fourth-order valence-electron chi connectivity index (χ4n) is 10.9. The van der Waals surface area contributed by atoms with Crippen molar-refractivity contribution in [3.8, 4) is 22.3 Å². The van der Waals surface area contributed by atoms with Gasteiger partial charge in [0, 0.05) is 17.1 Å². The van der Waals surface area contributed by atoms with E-state index in [2.05, 4.69) is 280 Å². The molecule has 0 aliphatic heterocycles. The average molecular weight is 974 g/mol. The van der Waals surface area contributed by atoms with Crippen LogP contribution in [-0.2, 0) is 0 Å². The summed E-state index contributed by atoms with van der Waals surface area (Å²) in [5.74, 6) is 0. The second-order valence-corrected chi connectivity index (χ2v) is 19.2. The summed E-state index contributed by atoms with van der Waals surface area (Å²) in [7, 11) is 0. The zero-order valence-electron chi connectivity index (χ0n) is 43.4. The number of allylic oxidation sites excluding steroid dienone is 2. The lowest BCUT2D eigenvalue weighted by Crippen LogP contribution is -2.09. The Morgan fingerprint density at radius 2 is 0.658 bits per heavy atom. The number of anilines is 3. The van der Waals surface area contributed by atoms with E-state index in [1.807, 2.05) is 38.2 Å². The Balaban J connectivity index is 0.00000149. The molecule has 76 heavy (non-hydrogen) atoms. The highest BCUT2D eigenvalue weighted by molar-refractivity contribution is 6.20. The molecule has 0 heterocycles. The molecule has 12 aromatic rings. The van der Waals surface area contributed by atoms with Crippen molar-refractivity contribution in [1.82, 2.24) is 0 Å². The number of rotatable bonds is 11. The summed E-state index contributed by atoms with van der Waals surface area (Å²) in [6, 6.07) is 83.9. The molecule has 0 aromatic heterocycles. The number of hydrogen-bond donors (Lipinski definition) is 0. The lowest BCUT2D eigenvalue weighted by Gasteiger charge is -2.26. The van der Waals surface area contributed by atoms with Crippen LogP contribution in [0.1, 0.15) is 52.8 Å². The van der Waals surface area contributed by atoms with Crippen molar-refractivity contribution in [2.75, 3.05) is 4.90 Å². The average Bonchev–Trinajstić information content (AvgIpc) is 3.48. The largest absolute Gasteiger partial charge is 0.311 e. The molecule has 1 heteroatoms. The number of nitrogens with zero attached hydrogens (tertiary/aromatic N) is 1. The Morgan fingerprint density at radius 1 is 0.303 bits per heavy atom. The molecule has 0 bridgehead atoms. The van der Waals surface area contributed by atoms with E-state index in [1.165, 1.54) is 98.4 Å². The first kappa shape index (κ1) is 48.7. The van der Waals surface area contributed by atoms with Crippen molar-refractivity contribution < 1.29 is 0 Å². The summed E-state index contributed by atoms with van der Waals surface area (Å²) < 4.78 is 0. The normalized spacial score (nSPS) is 11.6. The topological polar surface area (TPSA) is 3.24 Å². The predicted octanol–water partition coefficient (Wildman–Crippen LogP) is 21.8. The van der Waals surface area contributed by atoms with E-state index in [4.69, 9.17) is 0 Å². The second-order valence-electron chi connectivity index (χ2n) is 19.2. The zero-order chi connectivity index (χ0) is 52.0. The minimum absolute atomic E-state index is 1.07. The van der Waals surface area contributed by atoms with Crippen LogP contribution in [-0.4, -0.2) is 0 Å². The summed E-state index contributed by atoms with van der Waals surface area (Å²) in [4.78, 5) is 2.37. The van der Waals surface area contributed by atoms with Gasteiger partial charge in [-0.1, -0.05) is 261 Å². The van der Waals surface area contributed by atoms with Crippen molar-refractivity contribution >= 4 is 107 Å². The third-order valence-corrected chi connectivity index (χ3v) is 14.7. The highest BCUT2D eigenvalue weighted by Crippen LogP contribution is 2.44. The summed E-state index contributed by atoms with van der Waals surface area (Å²) in [5.41, 5.74) is 16.2. The highest BCUT2D eigenvalue weighted by atomic mass is 15.1. The molecular formula is C75H59N. The van der Waals surface area contributed by atoms with Gasteiger partial charge in [-0.3, -0.25) is 0 Å². The third-order valence-electron chi connectivity index (χ3n) is 14.7. The van der Waals surface area contributed by atoms with Crippen LogP contribution in [0.25, 0.3) is 113 Å². The molecule has 364 valence electrons. The van der Waals surface area contributed by atoms with Gasteiger partial charge in [0.25, 0.3) is 0 Å². The summed E-state index contributed by atoms with van der Waals surface area (Å²) >= 11 is 0. The van der Waals surface area contributed by atoms with Crippen LogP contribution in [0.5, 0.6) is 0 Å². The van der Waals surface area contributed by atoms with Gasteiger partial charge in [0.05, 0.1) is 0 Å². The van der Waals surface area contributed by atoms with Gasteiger partial charge in [-0.2, -0.15) is 0 Å². The van der Waals surface area contributed by atoms with Crippen LogP contribution in [0.2, 0.25) is 0 Å². The van der Waals surface area contributed by atoms with Crippen molar-refractivity contribution in [2.24, 2.45) is 0 Å². The maximum absolute atomic E-state index is 4.12. The van der Waals surface area contributed by atoms with Crippen molar-refractivity contribution in [2.45, 2.75) is 20.8 Å². The van der Waals surface area contributed by atoms with Crippen molar-refractivity contribution in [3.63, 3.8) is 0 Å². The smallest absolute Gasteiger partial charge is 0.0462 e. The molecule has 0 saturated carbocycles. The van der Waals surface area contributed by atoms with E-state index in [1.54, 1.807) is 0 Å². The van der Waals surface area contributed by atoms with E-state index in [0.717, 1.165) is 33.8 Å². The molecule has 0 atom stereocenters. The first-order valence-corrected chi connectivity index (χ1v) is 26.2. The van der Waals surface area contributed by atoms with Crippen LogP contribution < -0.4 is 4.90 Å². The van der Waals surface area contributed by atoms with Gasteiger partial charge >= 0.3 is 0 Å². The van der Waals surface area contributed by atoms with E-state index in [0.29, 0.717) is 0 Å². The third kappa shape index (κ3) is 9.36. The Kier molecular flexibility index (Phi) is 14.0. The fourth-order valence-corrected chi connectivity index (χ4v) is 10.9. The minimum atomic E-state index is 1.07. The minimum Gasteiger partial charge on any atom is -0.311 e. The molecule has 0 aliphatic carbocycles. The Bertz CT molecular complexity index is 4080. The first-order chi connectivity index (χ1) is 37.5. The molecule has 1 nitrogen and oxygen atoms in total. The Morgan fingerprint density at radius 3 is 1.09 bits per heavy atom. The van der Waals surface area contributed by atoms with Gasteiger partial charge < -0.3 is 4.90 Å². The van der Waals surface area contributed by atoms with Gasteiger partial charge in [0.1, 0.15) is 0 Å². The molecule has 0 aliphatic rings. The number of aryl methyl sites for hydroxylation is 1. The molecule has 0 radical (unpaired) electrons. The number of benzene rings is 12. The SMILES string of the molecule is C/C=C\C.C=Cc1cccc(/C=C/c2c3ccccc3c(-c3ccc(N(c4ccc(C)cc4)c4ccc(-c5c6ccccc6c(/C=C/c6cccc7ccccc67)c6ccccc56)cc4)cc3)c3ccccc23)c1C=C. The van der Waals surface area contributed by atoms with Gasteiger partial charge in [-0.25, -0.2) is 0 Å². The van der Waals surface area contributed by atoms with E-state index < -0.39 is 0 Å². The summed E-state index contributed by atoms with van der Waals surface area (Å²) in [6.45, 7) is 14.3. The maximum atomic E-state index is 4.12. The van der Waals surface area contributed by atoms with E-state index in [-0.39, 0.29) is 0 Å². The van der Waals surface area contributed by atoms with Gasteiger partial charge in [-0.15, -0.1) is 0 Å². The van der Waals surface area contributed by atoms with Gasteiger partial charge in [0.15, 0.2) is 0 Å². The lowest BCUT2D eigenvalue weighted by molar-refractivity contribution is 1.28. The molecule has 0 spiro atoms. The fraction of sp³-hybridized carbons (Fsp3) is 0.0400. The monoisotopic (exact) mass is 973 g/mol. The molecule has 0 unspecified atom stereocenters. The molecular weight excluding hydrogens is 915 g/mol. The number of fused-ring (bicyclic) bond motifs is 5. The maximum Gasteiger partial charge on any atom is 0.0462 e. The van der Waals surface area contributed by atoms with Crippen molar-refractivity contribution in [3.05, 3.63) is 295 Å².